The summed E-state index contributed by atoms with van der Waals surface area (Å²) in [6.07, 6.45) is -2.49. The summed E-state index contributed by atoms with van der Waals surface area (Å²) in [5, 5.41) is 0. The minimum atomic E-state index is -4.24. The second-order valence-corrected chi connectivity index (χ2v) is 3.39. The van der Waals surface area contributed by atoms with E-state index in [1.165, 1.54) is 5.92 Å². The second kappa shape index (κ2) is 4.60. The molecule has 0 radical (unpaired) electrons. The van der Waals surface area contributed by atoms with Gasteiger partial charge in [0.1, 0.15) is 5.56 Å². The molecular weight excluding hydrogens is 201 g/mol. The van der Waals surface area contributed by atoms with Crippen LogP contribution in [0.3, 0.4) is 0 Å². The molecule has 0 amide bonds. The first-order chi connectivity index (χ1) is 6.99. The van der Waals surface area contributed by atoms with Crippen molar-refractivity contribution >= 4 is 0 Å². The van der Waals surface area contributed by atoms with Gasteiger partial charge >= 0.3 is 6.18 Å². The van der Waals surface area contributed by atoms with Gasteiger partial charge in [0.05, 0.1) is 5.56 Å². The summed E-state index contributed by atoms with van der Waals surface area (Å²) in [5.41, 5.74) is 0.325. The highest BCUT2D eigenvalue weighted by molar-refractivity contribution is 5.33. The standard InChI is InChI=1S/C12H14F3/c1-3-9(4-2)10-5-7-11(8-6-10)12(13,14)15/h5-8H,3-4H2,1-2H3/q+1. The third-order valence-electron chi connectivity index (χ3n) is 2.47. The van der Waals surface area contributed by atoms with Gasteiger partial charge in [0.15, 0.2) is 0 Å². The summed E-state index contributed by atoms with van der Waals surface area (Å²) in [4.78, 5) is 0. The molecule has 0 spiro atoms. The summed E-state index contributed by atoms with van der Waals surface area (Å²) in [7, 11) is 0. The van der Waals surface area contributed by atoms with Crippen molar-refractivity contribution in [1.29, 1.82) is 0 Å². The van der Waals surface area contributed by atoms with Crippen LogP contribution in [0.4, 0.5) is 13.2 Å². The molecule has 0 nitrogen and oxygen atoms in total. The maximum absolute atomic E-state index is 12.3. The Kier molecular flexibility index (Phi) is 3.66. The van der Waals surface area contributed by atoms with E-state index in [9.17, 15) is 13.2 Å². The van der Waals surface area contributed by atoms with Gasteiger partial charge in [0, 0.05) is 43.0 Å². The van der Waals surface area contributed by atoms with Gasteiger partial charge in [-0.1, -0.05) is 0 Å². The maximum atomic E-state index is 12.3. The molecule has 1 rings (SSSR count). The quantitative estimate of drug-likeness (QED) is 0.653. The molecule has 0 aromatic heterocycles. The molecule has 0 unspecified atom stereocenters. The average molecular weight is 215 g/mol. The molecule has 0 bridgehead atoms. The topological polar surface area (TPSA) is 0 Å². The Labute approximate surface area is 88.1 Å². The van der Waals surface area contributed by atoms with Gasteiger partial charge in [0.2, 0.25) is 0 Å². The molecule has 0 saturated carbocycles. The van der Waals surface area contributed by atoms with Crippen molar-refractivity contribution in [2.75, 3.05) is 0 Å². The fraction of sp³-hybridized carbons (Fsp3) is 0.417. The molecular formula is C12H14F3+. The van der Waals surface area contributed by atoms with Gasteiger partial charge in [-0.3, -0.25) is 0 Å². The van der Waals surface area contributed by atoms with E-state index in [0.29, 0.717) is 0 Å². The molecule has 0 aliphatic carbocycles. The summed E-state index contributed by atoms with van der Waals surface area (Å²) >= 11 is 0. The lowest BCUT2D eigenvalue weighted by Crippen LogP contribution is -2.05. The number of halogens is 3. The summed E-state index contributed by atoms with van der Waals surface area (Å²) in [5.74, 6) is 1.18. The fourth-order valence-electron chi connectivity index (χ4n) is 1.55. The normalized spacial score (nSPS) is 11.5. The van der Waals surface area contributed by atoms with Gasteiger partial charge < -0.3 is 0 Å². The molecule has 15 heavy (non-hydrogen) atoms. The molecule has 0 fully saturated rings. The zero-order valence-electron chi connectivity index (χ0n) is 8.86. The van der Waals surface area contributed by atoms with E-state index < -0.39 is 11.7 Å². The Morgan fingerprint density at radius 2 is 1.47 bits per heavy atom. The van der Waals surface area contributed by atoms with Gasteiger partial charge in [-0.2, -0.15) is 13.2 Å². The zero-order chi connectivity index (χ0) is 11.5. The van der Waals surface area contributed by atoms with E-state index in [4.69, 9.17) is 0 Å². The van der Waals surface area contributed by atoms with Crippen LogP contribution in [-0.4, -0.2) is 0 Å². The van der Waals surface area contributed by atoms with Crippen LogP contribution in [0.5, 0.6) is 0 Å². The van der Waals surface area contributed by atoms with Crippen LogP contribution in [0.15, 0.2) is 24.3 Å². The summed E-state index contributed by atoms with van der Waals surface area (Å²) in [6, 6.07) is 5.37. The Bertz CT molecular complexity index is 294. The number of hydrogen-bond acceptors (Lipinski definition) is 0. The van der Waals surface area contributed by atoms with E-state index in [1.807, 2.05) is 13.8 Å². The molecule has 82 valence electrons. The van der Waals surface area contributed by atoms with Crippen LogP contribution < -0.4 is 0 Å². The molecule has 3 heteroatoms. The number of benzene rings is 1. The number of rotatable bonds is 3. The third-order valence-corrected chi connectivity index (χ3v) is 2.47. The molecule has 0 N–H and O–H groups in total. The Hall–Kier alpha value is -1.12. The second-order valence-electron chi connectivity index (χ2n) is 3.39. The van der Waals surface area contributed by atoms with Crippen molar-refractivity contribution in [2.24, 2.45) is 0 Å². The summed E-state index contributed by atoms with van der Waals surface area (Å²) < 4.78 is 36.8. The van der Waals surface area contributed by atoms with Crippen molar-refractivity contribution in [1.82, 2.24) is 0 Å². The summed E-state index contributed by atoms with van der Waals surface area (Å²) in [6.45, 7) is 4.02. The largest absolute Gasteiger partial charge is 0.418 e. The number of hydrogen-bond donors (Lipinski definition) is 0. The van der Waals surface area contributed by atoms with Gasteiger partial charge in [-0.05, 0) is 13.8 Å². The van der Waals surface area contributed by atoms with Crippen molar-refractivity contribution in [3.63, 3.8) is 0 Å². The third kappa shape index (κ3) is 2.91. The monoisotopic (exact) mass is 215 g/mol. The lowest BCUT2D eigenvalue weighted by atomic mass is 9.93. The van der Waals surface area contributed by atoms with Crippen LogP contribution in [0.1, 0.15) is 37.8 Å². The lowest BCUT2D eigenvalue weighted by Gasteiger charge is -2.07. The minimum Gasteiger partial charge on any atom is -0.166 e. The van der Waals surface area contributed by atoms with Crippen LogP contribution in [0, 0.1) is 5.92 Å². The highest BCUT2D eigenvalue weighted by atomic mass is 19.4. The average Bonchev–Trinajstić information content (AvgIpc) is 2.19. The van der Waals surface area contributed by atoms with Crippen LogP contribution >= 0.6 is 0 Å². The van der Waals surface area contributed by atoms with Gasteiger partial charge in [-0.15, -0.1) is 0 Å². The maximum Gasteiger partial charge on any atom is 0.418 e. The predicted octanol–water partition coefficient (Wildman–Crippen LogP) is 4.45. The minimum absolute atomic E-state index is 0.585. The van der Waals surface area contributed by atoms with E-state index >= 15 is 0 Å². The molecule has 1 aromatic carbocycles. The van der Waals surface area contributed by atoms with Crippen molar-refractivity contribution < 1.29 is 13.2 Å². The predicted molar refractivity (Wildman–Crippen MR) is 54.4 cm³/mol. The molecule has 0 heterocycles. The first-order valence-corrected chi connectivity index (χ1v) is 5.01. The zero-order valence-corrected chi connectivity index (χ0v) is 8.86. The Balaban J connectivity index is 2.89. The van der Waals surface area contributed by atoms with Crippen LogP contribution in [-0.2, 0) is 6.18 Å². The molecule has 0 saturated heterocycles. The van der Waals surface area contributed by atoms with Crippen LogP contribution in [0.2, 0.25) is 0 Å². The lowest BCUT2D eigenvalue weighted by molar-refractivity contribution is -0.137. The highest BCUT2D eigenvalue weighted by Crippen LogP contribution is 2.30. The number of alkyl halides is 3. The van der Waals surface area contributed by atoms with Crippen LogP contribution in [0.25, 0.3) is 0 Å². The highest BCUT2D eigenvalue weighted by Gasteiger charge is 2.31. The van der Waals surface area contributed by atoms with E-state index in [1.54, 1.807) is 12.1 Å². The van der Waals surface area contributed by atoms with E-state index in [2.05, 4.69) is 0 Å². The van der Waals surface area contributed by atoms with Crippen molar-refractivity contribution in [3.05, 3.63) is 41.3 Å². The molecule has 1 aromatic rings. The van der Waals surface area contributed by atoms with Gasteiger partial charge in [0.25, 0.3) is 0 Å². The first kappa shape index (κ1) is 12.0. The molecule has 0 atom stereocenters. The molecule has 0 aliphatic rings. The van der Waals surface area contributed by atoms with E-state index in [-0.39, 0.29) is 0 Å². The Morgan fingerprint density at radius 3 is 1.80 bits per heavy atom. The molecule has 0 aliphatic heterocycles. The van der Waals surface area contributed by atoms with Crippen molar-refractivity contribution in [3.8, 4) is 0 Å². The fourth-order valence-corrected chi connectivity index (χ4v) is 1.55. The Morgan fingerprint density at radius 1 is 1.00 bits per heavy atom. The SMILES string of the molecule is CC[C+](CC)c1ccc(C(F)(F)F)cc1. The smallest absolute Gasteiger partial charge is 0.166 e. The van der Waals surface area contributed by atoms with Crippen molar-refractivity contribution in [2.45, 2.75) is 32.9 Å². The first-order valence-electron chi connectivity index (χ1n) is 5.01. The van der Waals surface area contributed by atoms with E-state index in [0.717, 1.165) is 30.5 Å². The van der Waals surface area contributed by atoms with Gasteiger partial charge in [-0.25, -0.2) is 0 Å².